The minimum atomic E-state index is 0.495. The van der Waals surface area contributed by atoms with Crippen LogP contribution in [0.1, 0.15) is 0 Å². The zero-order valence-corrected chi connectivity index (χ0v) is 11.6. The van der Waals surface area contributed by atoms with Crippen molar-refractivity contribution in [2.45, 2.75) is 0 Å². The minimum Gasteiger partial charge on any atom is -0.618 e. The average molecular weight is 288 g/mol. The molecule has 22 heavy (non-hydrogen) atoms. The topological polar surface area (TPSA) is 57.6 Å². The first-order chi connectivity index (χ1) is 10.8. The minimum absolute atomic E-state index is 0.495. The summed E-state index contributed by atoms with van der Waals surface area (Å²) in [7, 11) is 0. The van der Waals surface area contributed by atoms with Crippen LogP contribution >= 0.6 is 0 Å². The molecule has 3 aromatic heterocycles. The van der Waals surface area contributed by atoms with Gasteiger partial charge in [0.2, 0.25) is 5.52 Å². The Bertz CT molecular complexity index is 947. The van der Waals surface area contributed by atoms with E-state index in [0.29, 0.717) is 16.7 Å². The third kappa shape index (κ3) is 1.91. The highest BCUT2D eigenvalue weighted by molar-refractivity contribution is 5.72. The van der Waals surface area contributed by atoms with Crippen molar-refractivity contribution in [1.29, 1.82) is 0 Å². The third-order valence-electron chi connectivity index (χ3n) is 3.55. The molecular weight excluding hydrogens is 276 g/mol. The van der Waals surface area contributed by atoms with Gasteiger partial charge in [0.15, 0.2) is 0 Å². The van der Waals surface area contributed by atoms with Crippen molar-refractivity contribution in [2.75, 3.05) is 0 Å². The number of hydrogen-bond donors (Lipinski definition) is 0. The van der Waals surface area contributed by atoms with Crippen molar-refractivity contribution in [1.82, 2.24) is 14.5 Å². The molecule has 3 heterocycles. The predicted molar refractivity (Wildman–Crippen MR) is 83.3 cm³/mol. The lowest BCUT2D eigenvalue weighted by Crippen LogP contribution is -2.31. The smallest absolute Gasteiger partial charge is 0.259 e. The van der Waals surface area contributed by atoms with Crippen LogP contribution in [-0.4, -0.2) is 14.5 Å². The van der Waals surface area contributed by atoms with Crippen LogP contribution in [0.3, 0.4) is 0 Å². The molecule has 0 radical (unpaired) electrons. The largest absolute Gasteiger partial charge is 0.618 e. The molecular formula is C17H12N4O. The van der Waals surface area contributed by atoms with Gasteiger partial charge < -0.3 is 5.21 Å². The summed E-state index contributed by atoms with van der Waals surface area (Å²) < 4.78 is 2.79. The molecule has 0 unspecified atom stereocenters. The van der Waals surface area contributed by atoms with Gasteiger partial charge in [-0.25, -0.2) is 9.97 Å². The standard InChI is InChI=1S/C17H12N4O/c22-21-14-7-2-1-6-13(14)19-12-16(21)15-8-5-11-20(15)17-9-3-4-10-18-17/h1-12H. The summed E-state index contributed by atoms with van der Waals surface area (Å²) >= 11 is 0. The molecule has 0 aliphatic heterocycles. The molecule has 5 nitrogen and oxygen atoms in total. The highest BCUT2D eigenvalue weighted by atomic mass is 16.5. The molecule has 4 rings (SSSR count). The van der Waals surface area contributed by atoms with Crippen molar-refractivity contribution in [3.8, 4) is 17.2 Å². The molecule has 0 aliphatic carbocycles. The van der Waals surface area contributed by atoms with Crippen LogP contribution in [0.15, 0.2) is 73.2 Å². The maximum atomic E-state index is 12.7. The maximum absolute atomic E-state index is 12.7. The quantitative estimate of drug-likeness (QED) is 0.421. The molecule has 0 aliphatic rings. The molecule has 0 bridgehead atoms. The molecule has 4 aromatic rings. The fourth-order valence-corrected chi connectivity index (χ4v) is 2.51. The molecule has 106 valence electrons. The van der Waals surface area contributed by atoms with Crippen molar-refractivity contribution >= 4 is 11.0 Å². The van der Waals surface area contributed by atoms with Gasteiger partial charge in [-0.1, -0.05) is 18.2 Å². The molecule has 5 heteroatoms. The summed E-state index contributed by atoms with van der Waals surface area (Å²) in [5.41, 5.74) is 2.48. The van der Waals surface area contributed by atoms with Gasteiger partial charge in [0.05, 0.1) is 0 Å². The number of benzene rings is 1. The van der Waals surface area contributed by atoms with Crippen molar-refractivity contribution in [3.63, 3.8) is 0 Å². The van der Waals surface area contributed by atoms with E-state index in [1.807, 2.05) is 59.3 Å². The van der Waals surface area contributed by atoms with Crippen molar-refractivity contribution in [2.24, 2.45) is 0 Å². The number of fused-ring (bicyclic) bond motifs is 1. The first-order valence-electron chi connectivity index (χ1n) is 6.91. The Labute approximate surface area is 126 Å². The van der Waals surface area contributed by atoms with Crippen LogP contribution in [0, 0.1) is 5.21 Å². The van der Waals surface area contributed by atoms with Crippen LogP contribution in [-0.2, 0) is 0 Å². The summed E-state index contributed by atoms with van der Waals surface area (Å²) in [6, 6.07) is 16.7. The number of pyridine rings is 1. The Kier molecular flexibility index (Phi) is 2.83. The van der Waals surface area contributed by atoms with E-state index < -0.39 is 0 Å². The third-order valence-corrected chi connectivity index (χ3v) is 3.55. The fraction of sp³-hybridized carbons (Fsp3) is 0. The van der Waals surface area contributed by atoms with E-state index in [1.165, 1.54) is 0 Å². The molecule has 0 fully saturated rings. The molecule has 0 N–H and O–H groups in total. The van der Waals surface area contributed by atoms with Crippen molar-refractivity contribution < 1.29 is 4.73 Å². The highest BCUT2D eigenvalue weighted by Gasteiger charge is 2.17. The molecule has 0 amide bonds. The zero-order chi connectivity index (χ0) is 14.9. The number of rotatable bonds is 2. The molecule has 0 atom stereocenters. The molecule has 1 aromatic carbocycles. The number of nitrogens with zero attached hydrogens (tertiary/aromatic N) is 4. The Balaban J connectivity index is 1.94. The van der Waals surface area contributed by atoms with Gasteiger partial charge in [-0.15, -0.1) is 0 Å². The summed E-state index contributed by atoms with van der Waals surface area (Å²) in [5, 5.41) is 12.7. The number of para-hydroxylation sites is 2. The lowest BCUT2D eigenvalue weighted by atomic mass is 10.2. The van der Waals surface area contributed by atoms with Crippen molar-refractivity contribution in [3.05, 3.63) is 78.4 Å². The second-order valence-electron chi connectivity index (χ2n) is 4.88. The van der Waals surface area contributed by atoms with Gasteiger partial charge in [0, 0.05) is 18.5 Å². The van der Waals surface area contributed by atoms with Gasteiger partial charge in [-0.2, -0.15) is 4.73 Å². The predicted octanol–water partition coefficient (Wildman–Crippen LogP) is 2.72. The van der Waals surface area contributed by atoms with Gasteiger partial charge >= 0.3 is 0 Å². The summed E-state index contributed by atoms with van der Waals surface area (Å²) in [5.74, 6) is 0.760. The zero-order valence-electron chi connectivity index (χ0n) is 11.6. The Hall–Kier alpha value is -3.21. The van der Waals surface area contributed by atoms with E-state index in [4.69, 9.17) is 0 Å². The molecule has 0 saturated carbocycles. The monoisotopic (exact) mass is 288 g/mol. The van der Waals surface area contributed by atoms with E-state index in [-0.39, 0.29) is 0 Å². The lowest BCUT2D eigenvalue weighted by Gasteiger charge is -2.09. The van der Waals surface area contributed by atoms with Gasteiger partial charge in [-0.05, 0) is 30.3 Å². The lowest BCUT2D eigenvalue weighted by molar-refractivity contribution is -0.565. The number of hydrogen-bond acceptors (Lipinski definition) is 3. The molecule has 0 spiro atoms. The van der Waals surface area contributed by atoms with Gasteiger partial charge in [0.25, 0.3) is 5.69 Å². The first kappa shape index (κ1) is 12.5. The first-order valence-corrected chi connectivity index (χ1v) is 6.91. The van der Waals surface area contributed by atoms with E-state index in [0.717, 1.165) is 16.2 Å². The SMILES string of the molecule is [O-][n+]1c(-c2cccn2-c2ccccn2)cnc2ccccc21. The van der Waals surface area contributed by atoms with Gasteiger partial charge in [-0.3, -0.25) is 4.57 Å². The second kappa shape index (κ2) is 4.96. The Morgan fingerprint density at radius 2 is 1.77 bits per heavy atom. The van der Waals surface area contributed by atoms with E-state index >= 15 is 0 Å². The summed E-state index contributed by atoms with van der Waals surface area (Å²) in [6.45, 7) is 0. The van der Waals surface area contributed by atoms with Crippen LogP contribution < -0.4 is 4.73 Å². The Morgan fingerprint density at radius 3 is 2.64 bits per heavy atom. The van der Waals surface area contributed by atoms with Crippen LogP contribution in [0.5, 0.6) is 0 Å². The Morgan fingerprint density at radius 1 is 0.909 bits per heavy atom. The maximum Gasteiger partial charge on any atom is 0.259 e. The number of aromatic nitrogens is 4. The van der Waals surface area contributed by atoms with E-state index in [2.05, 4.69) is 9.97 Å². The molecule has 0 saturated heterocycles. The van der Waals surface area contributed by atoms with Crippen LogP contribution in [0.2, 0.25) is 0 Å². The summed E-state index contributed by atoms with van der Waals surface area (Å²) in [6.07, 6.45) is 5.21. The fourth-order valence-electron chi connectivity index (χ4n) is 2.51. The van der Waals surface area contributed by atoms with Crippen LogP contribution in [0.25, 0.3) is 28.2 Å². The van der Waals surface area contributed by atoms with Crippen LogP contribution in [0.4, 0.5) is 0 Å². The van der Waals surface area contributed by atoms with E-state index in [9.17, 15) is 5.21 Å². The van der Waals surface area contributed by atoms with Gasteiger partial charge in [0.1, 0.15) is 23.2 Å². The summed E-state index contributed by atoms with van der Waals surface area (Å²) in [4.78, 5) is 8.71. The normalized spacial score (nSPS) is 10.9. The second-order valence-corrected chi connectivity index (χ2v) is 4.88. The average Bonchev–Trinajstić information content (AvgIpc) is 3.06. The van der Waals surface area contributed by atoms with E-state index in [1.54, 1.807) is 18.5 Å². The highest BCUT2D eigenvalue weighted by Crippen LogP contribution is 2.21.